The first-order valence-electron chi connectivity index (χ1n) is 8.67. The first-order valence-corrected chi connectivity index (χ1v) is 10.3. The lowest BCUT2D eigenvalue weighted by Crippen LogP contribution is -2.27. The molecule has 0 N–H and O–H groups in total. The molecule has 2 amide bonds. The third-order valence-electron chi connectivity index (χ3n) is 4.13. The van der Waals surface area contributed by atoms with Gasteiger partial charge in [-0.05, 0) is 48.5 Å². The molecule has 0 atom stereocenters. The number of ether oxygens (including phenoxy) is 2. The number of carbonyl (C=O) groups excluding carboxylic acids is 3. The highest BCUT2D eigenvalue weighted by molar-refractivity contribution is 9.10. The fourth-order valence-corrected chi connectivity index (χ4v) is 3.94. The van der Waals surface area contributed by atoms with Crippen LogP contribution in [0.2, 0.25) is 0 Å². The van der Waals surface area contributed by atoms with E-state index in [1.165, 1.54) is 12.0 Å². The van der Waals surface area contributed by atoms with Crippen molar-refractivity contribution < 1.29 is 23.9 Å². The van der Waals surface area contributed by atoms with Crippen molar-refractivity contribution in [1.82, 2.24) is 4.90 Å². The van der Waals surface area contributed by atoms with Crippen LogP contribution < -0.4 is 4.74 Å². The molecule has 8 heteroatoms. The maximum atomic E-state index is 12.8. The fraction of sp³-hybridized carbons (Fsp3) is 0.190. The van der Waals surface area contributed by atoms with E-state index in [1.54, 1.807) is 24.3 Å². The number of amides is 2. The molecule has 0 aliphatic carbocycles. The van der Waals surface area contributed by atoms with E-state index in [-0.39, 0.29) is 24.3 Å². The van der Waals surface area contributed by atoms with E-state index in [9.17, 15) is 14.4 Å². The van der Waals surface area contributed by atoms with Crippen molar-refractivity contribution >= 4 is 50.9 Å². The summed E-state index contributed by atoms with van der Waals surface area (Å²) in [5.74, 6) is -0.471. The van der Waals surface area contributed by atoms with Gasteiger partial charge in [-0.1, -0.05) is 45.8 Å². The molecule has 0 aromatic heterocycles. The van der Waals surface area contributed by atoms with E-state index in [0.717, 1.165) is 27.4 Å². The fourth-order valence-electron chi connectivity index (χ4n) is 2.73. The third-order valence-corrected chi connectivity index (χ3v) is 5.53. The number of nitrogens with zero attached hydrogens (tertiary/aromatic N) is 1. The maximum Gasteiger partial charge on any atom is 0.343 e. The Kier molecular flexibility index (Phi) is 6.76. The zero-order chi connectivity index (χ0) is 21.0. The number of thioether (sulfide) groups is 1. The number of rotatable bonds is 6. The van der Waals surface area contributed by atoms with Crippen molar-refractivity contribution in [3.05, 3.63) is 68.5 Å². The molecule has 0 spiro atoms. The van der Waals surface area contributed by atoms with Gasteiger partial charge in [-0.3, -0.25) is 14.5 Å². The van der Waals surface area contributed by atoms with E-state index in [2.05, 4.69) is 20.7 Å². The van der Waals surface area contributed by atoms with Gasteiger partial charge in [0.2, 0.25) is 0 Å². The molecule has 29 heavy (non-hydrogen) atoms. The van der Waals surface area contributed by atoms with Crippen LogP contribution in [0, 0.1) is 6.92 Å². The second kappa shape index (κ2) is 9.28. The molecule has 1 fully saturated rings. The van der Waals surface area contributed by atoms with Crippen molar-refractivity contribution in [3.63, 3.8) is 0 Å². The number of imide groups is 1. The maximum absolute atomic E-state index is 12.8. The van der Waals surface area contributed by atoms with Crippen molar-refractivity contribution in [2.45, 2.75) is 13.5 Å². The van der Waals surface area contributed by atoms with Gasteiger partial charge in [-0.15, -0.1) is 0 Å². The van der Waals surface area contributed by atoms with Crippen molar-refractivity contribution in [1.29, 1.82) is 0 Å². The second-order valence-electron chi connectivity index (χ2n) is 6.30. The number of benzene rings is 2. The Morgan fingerprint density at radius 2 is 2.00 bits per heavy atom. The van der Waals surface area contributed by atoms with Crippen LogP contribution in [0.25, 0.3) is 6.08 Å². The summed E-state index contributed by atoms with van der Waals surface area (Å²) in [7, 11) is 1.28. The number of methoxy groups -OCH3 is 1. The molecular formula is C21H18BrNO5S. The van der Waals surface area contributed by atoms with Crippen molar-refractivity contribution in [2.24, 2.45) is 0 Å². The molecule has 0 bridgehead atoms. The molecule has 1 aliphatic rings. The smallest absolute Gasteiger partial charge is 0.343 e. The quantitative estimate of drug-likeness (QED) is 0.450. The number of esters is 1. The molecule has 2 aromatic carbocycles. The minimum atomic E-state index is -0.516. The van der Waals surface area contributed by atoms with Crippen LogP contribution in [0.15, 0.2) is 51.8 Å². The molecule has 0 saturated carbocycles. The summed E-state index contributed by atoms with van der Waals surface area (Å²) in [5.41, 5.74) is 2.52. The standard InChI is InChI=1S/C21H18BrNO5S/c1-13-4-3-5-14(8-13)11-23-20(25)18(29-21(23)26)10-15-9-16(22)6-7-17(15)28-12-19(24)27-2/h3-10H,11-12H2,1-2H3/b18-10+. The molecule has 0 unspecified atom stereocenters. The van der Waals surface area contributed by atoms with Crippen molar-refractivity contribution in [3.8, 4) is 5.75 Å². The van der Waals surface area contributed by atoms with Crippen LogP contribution in [0.3, 0.4) is 0 Å². The van der Waals surface area contributed by atoms with Gasteiger partial charge >= 0.3 is 5.97 Å². The van der Waals surface area contributed by atoms with Gasteiger partial charge in [0.05, 0.1) is 18.6 Å². The largest absolute Gasteiger partial charge is 0.481 e. The summed E-state index contributed by atoms with van der Waals surface area (Å²) in [4.78, 5) is 38.1. The van der Waals surface area contributed by atoms with Gasteiger partial charge in [-0.25, -0.2) is 4.79 Å². The Morgan fingerprint density at radius 3 is 2.72 bits per heavy atom. The summed E-state index contributed by atoms with van der Waals surface area (Å²) in [5, 5.41) is -0.324. The lowest BCUT2D eigenvalue weighted by molar-refractivity contribution is -0.142. The van der Waals surface area contributed by atoms with Crippen LogP contribution in [0.4, 0.5) is 4.79 Å². The molecular weight excluding hydrogens is 458 g/mol. The van der Waals surface area contributed by atoms with Crippen LogP contribution >= 0.6 is 27.7 Å². The van der Waals surface area contributed by atoms with Crippen LogP contribution in [-0.2, 0) is 20.9 Å². The second-order valence-corrected chi connectivity index (χ2v) is 8.21. The number of carbonyl (C=O) groups is 3. The molecule has 150 valence electrons. The van der Waals surface area contributed by atoms with E-state index in [1.807, 2.05) is 31.2 Å². The zero-order valence-corrected chi connectivity index (χ0v) is 18.2. The minimum Gasteiger partial charge on any atom is -0.481 e. The van der Waals surface area contributed by atoms with Gasteiger partial charge in [0.25, 0.3) is 11.1 Å². The number of aryl methyl sites for hydroxylation is 1. The van der Waals surface area contributed by atoms with E-state index in [4.69, 9.17) is 4.74 Å². The Morgan fingerprint density at radius 1 is 1.21 bits per heavy atom. The Balaban J connectivity index is 1.83. The molecule has 3 rings (SSSR count). The molecule has 1 heterocycles. The highest BCUT2D eigenvalue weighted by Gasteiger charge is 2.35. The summed E-state index contributed by atoms with van der Waals surface area (Å²) < 4.78 is 10.8. The zero-order valence-electron chi connectivity index (χ0n) is 15.8. The lowest BCUT2D eigenvalue weighted by Gasteiger charge is -2.13. The van der Waals surface area contributed by atoms with Crippen LogP contribution in [-0.4, -0.2) is 35.7 Å². The average molecular weight is 476 g/mol. The molecule has 1 saturated heterocycles. The van der Waals surface area contributed by atoms with Gasteiger partial charge in [0.1, 0.15) is 5.75 Å². The molecule has 2 aromatic rings. The average Bonchev–Trinajstić information content (AvgIpc) is 2.94. The third kappa shape index (κ3) is 5.27. The predicted octanol–water partition coefficient (Wildman–Crippen LogP) is 4.55. The monoisotopic (exact) mass is 475 g/mol. The summed E-state index contributed by atoms with van der Waals surface area (Å²) >= 11 is 4.26. The van der Waals surface area contributed by atoms with Gasteiger partial charge in [-0.2, -0.15) is 0 Å². The van der Waals surface area contributed by atoms with E-state index in [0.29, 0.717) is 16.2 Å². The highest BCUT2D eigenvalue weighted by Crippen LogP contribution is 2.35. The van der Waals surface area contributed by atoms with Crippen molar-refractivity contribution in [2.75, 3.05) is 13.7 Å². The lowest BCUT2D eigenvalue weighted by atomic mass is 10.1. The number of halogens is 1. The van der Waals surface area contributed by atoms with Gasteiger partial charge in [0.15, 0.2) is 6.61 Å². The summed E-state index contributed by atoms with van der Waals surface area (Å²) in [6.45, 7) is 1.92. The minimum absolute atomic E-state index is 0.216. The number of hydrogen-bond donors (Lipinski definition) is 0. The first-order chi connectivity index (χ1) is 13.9. The Labute approximate surface area is 181 Å². The topological polar surface area (TPSA) is 72.9 Å². The van der Waals surface area contributed by atoms with Crippen LogP contribution in [0.1, 0.15) is 16.7 Å². The van der Waals surface area contributed by atoms with E-state index >= 15 is 0 Å². The summed E-state index contributed by atoms with van der Waals surface area (Å²) in [6, 6.07) is 12.9. The Bertz CT molecular complexity index is 1000. The number of hydrogen-bond acceptors (Lipinski definition) is 6. The normalized spacial score (nSPS) is 15.1. The first kappa shape index (κ1) is 21.1. The Hall–Kier alpha value is -2.58. The molecule has 0 radical (unpaired) electrons. The predicted molar refractivity (Wildman–Crippen MR) is 114 cm³/mol. The van der Waals surface area contributed by atoms with Gasteiger partial charge in [0, 0.05) is 10.0 Å². The highest BCUT2D eigenvalue weighted by atomic mass is 79.9. The van der Waals surface area contributed by atoms with Crippen LogP contribution in [0.5, 0.6) is 5.75 Å². The van der Waals surface area contributed by atoms with Gasteiger partial charge < -0.3 is 9.47 Å². The summed E-state index contributed by atoms with van der Waals surface area (Å²) in [6.07, 6.45) is 1.60. The molecule has 6 nitrogen and oxygen atoms in total. The SMILES string of the molecule is COC(=O)COc1ccc(Br)cc1/C=C1/SC(=O)N(Cc2cccc(C)c2)C1=O. The van der Waals surface area contributed by atoms with E-state index < -0.39 is 5.97 Å². The molecule has 1 aliphatic heterocycles.